The lowest BCUT2D eigenvalue weighted by Gasteiger charge is -2.53. The van der Waals surface area contributed by atoms with Crippen LogP contribution in [0.2, 0.25) is 10.1 Å². The molecule has 0 fully saturated rings. The van der Waals surface area contributed by atoms with E-state index in [4.69, 9.17) is 0 Å². The molecule has 0 bridgehead atoms. The molecule has 0 amide bonds. The van der Waals surface area contributed by atoms with Gasteiger partial charge in [0.1, 0.15) is 8.07 Å². The Hall–Kier alpha value is -3.06. The number of allylic oxidation sites excluding steroid dienone is 2. The number of rotatable bonds is 6. The highest BCUT2D eigenvalue weighted by atomic mass is 32.1. The van der Waals surface area contributed by atoms with Crippen molar-refractivity contribution in [1.29, 1.82) is 0 Å². The molecule has 0 N–H and O–H groups in total. The minimum absolute atomic E-state index is 0.0205. The Kier molecular flexibility index (Phi) is 7.90. The maximum atomic E-state index is 2.53. The zero-order valence-electron chi connectivity index (χ0n) is 26.7. The summed E-state index contributed by atoms with van der Waals surface area (Å²) in [6.45, 7) is 15.2. The average Bonchev–Trinajstić information content (AvgIpc) is 3.84. The molecular weight excluding hydrogens is 637 g/mol. The molecule has 0 atom stereocenters. The van der Waals surface area contributed by atoms with E-state index in [-0.39, 0.29) is 10.1 Å². The summed E-state index contributed by atoms with van der Waals surface area (Å²) in [5, 5.41) is 7.62. The highest BCUT2D eigenvalue weighted by Gasteiger charge is 2.63. The number of thiophene rings is 4. The van der Waals surface area contributed by atoms with Crippen molar-refractivity contribution < 1.29 is 0 Å². The second kappa shape index (κ2) is 11.6. The summed E-state index contributed by atoms with van der Waals surface area (Å²) in [6, 6.07) is 41.0. The van der Waals surface area contributed by atoms with E-state index >= 15 is 0 Å². The van der Waals surface area contributed by atoms with E-state index in [1.165, 1.54) is 51.5 Å². The van der Waals surface area contributed by atoms with E-state index in [0.29, 0.717) is 0 Å². The standard InChI is InChI=1S/C40H38S4Si/c1-39(2,3)45(40(4,5)6)37(33-23-21-31(43-33)29-19-13-25-41-29)35(27-15-9-7-10-16-27)36(28-17-11-8-12-18-28)38(45)34-24-22-32(44-34)30-20-14-26-42-30/h7-26H,1-6H3. The van der Waals surface area contributed by atoms with Gasteiger partial charge in [0.15, 0.2) is 0 Å². The second-order valence-corrected chi connectivity index (χ2v) is 23.3. The van der Waals surface area contributed by atoms with Gasteiger partial charge in [-0.05, 0) is 89.9 Å². The summed E-state index contributed by atoms with van der Waals surface area (Å²) in [6.07, 6.45) is 0. The molecule has 0 radical (unpaired) electrons. The van der Waals surface area contributed by atoms with Crippen LogP contribution in [0, 0.1) is 0 Å². The van der Waals surface area contributed by atoms with Crippen molar-refractivity contribution in [2.75, 3.05) is 0 Å². The summed E-state index contributed by atoms with van der Waals surface area (Å²) in [5.41, 5.74) is 5.48. The molecule has 7 rings (SSSR count). The van der Waals surface area contributed by atoms with E-state index in [9.17, 15) is 0 Å². The fourth-order valence-electron chi connectivity index (χ4n) is 7.82. The average molecular weight is 675 g/mol. The zero-order valence-corrected chi connectivity index (χ0v) is 30.9. The van der Waals surface area contributed by atoms with Gasteiger partial charge in [-0.25, -0.2) is 0 Å². The molecule has 0 aliphatic carbocycles. The molecule has 5 heterocycles. The summed E-state index contributed by atoms with van der Waals surface area (Å²) in [7, 11) is -2.62. The third-order valence-electron chi connectivity index (χ3n) is 9.11. The molecular formula is C40H38S4Si. The largest absolute Gasteiger partial charge is 0.143 e. The SMILES string of the molecule is CC(C)(C)[Si]1(C(C)(C)C)C(c2ccc(-c3cccs3)s2)=C(c2ccccc2)C(c2ccccc2)=C1c1ccc(-c2cccs2)s1. The fraction of sp³-hybridized carbons (Fsp3) is 0.200. The molecule has 0 spiro atoms. The molecule has 6 aromatic rings. The highest BCUT2D eigenvalue weighted by Crippen LogP contribution is 2.71. The minimum Gasteiger partial charge on any atom is -0.143 e. The van der Waals surface area contributed by atoms with E-state index < -0.39 is 8.07 Å². The smallest absolute Gasteiger partial charge is 0.133 e. The van der Waals surface area contributed by atoms with Gasteiger partial charge in [-0.1, -0.05) is 114 Å². The Morgan fingerprint density at radius 3 is 1.11 bits per heavy atom. The second-order valence-electron chi connectivity index (χ2n) is 13.8. The monoisotopic (exact) mass is 674 g/mol. The lowest BCUT2D eigenvalue weighted by atomic mass is 9.91. The van der Waals surface area contributed by atoms with Gasteiger partial charge in [0.05, 0.1) is 0 Å². The molecule has 0 saturated heterocycles. The van der Waals surface area contributed by atoms with E-state index in [1.54, 1.807) is 10.4 Å². The molecule has 4 aromatic heterocycles. The lowest BCUT2D eigenvalue weighted by molar-refractivity contribution is 0.640. The van der Waals surface area contributed by atoms with Crippen molar-refractivity contribution in [2.45, 2.75) is 51.6 Å². The van der Waals surface area contributed by atoms with E-state index in [2.05, 4.69) is 161 Å². The van der Waals surface area contributed by atoms with Crippen molar-refractivity contribution in [3.05, 3.63) is 141 Å². The first kappa shape index (κ1) is 30.6. The molecule has 5 heteroatoms. The Labute approximate surface area is 285 Å². The topological polar surface area (TPSA) is 0 Å². The molecule has 45 heavy (non-hydrogen) atoms. The van der Waals surface area contributed by atoms with Crippen LogP contribution in [-0.2, 0) is 0 Å². The number of hydrogen-bond donors (Lipinski definition) is 0. The van der Waals surface area contributed by atoms with Gasteiger partial charge in [0, 0.05) is 29.3 Å². The third kappa shape index (κ3) is 5.04. The van der Waals surface area contributed by atoms with Gasteiger partial charge < -0.3 is 0 Å². The van der Waals surface area contributed by atoms with Crippen LogP contribution < -0.4 is 0 Å². The predicted octanol–water partition coefficient (Wildman–Crippen LogP) is 13.9. The summed E-state index contributed by atoms with van der Waals surface area (Å²) in [4.78, 5) is 8.26. The van der Waals surface area contributed by atoms with Crippen LogP contribution in [0.1, 0.15) is 62.4 Å². The first-order chi connectivity index (χ1) is 21.6. The minimum atomic E-state index is -2.62. The van der Waals surface area contributed by atoms with Crippen molar-refractivity contribution in [3.63, 3.8) is 0 Å². The van der Waals surface area contributed by atoms with Crippen LogP contribution in [0.3, 0.4) is 0 Å². The molecule has 2 aromatic carbocycles. The van der Waals surface area contributed by atoms with Gasteiger partial charge in [0.2, 0.25) is 0 Å². The Bertz CT molecular complexity index is 1840. The Balaban J connectivity index is 1.65. The van der Waals surface area contributed by atoms with Gasteiger partial charge in [-0.2, -0.15) is 0 Å². The predicted molar refractivity (Wildman–Crippen MR) is 207 cm³/mol. The first-order valence-electron chi connectivity index (χ1n) is 15.5. The Morgan fingerprint density at radius 2 is 0.778 bits per heavy atom. The van der Waals surface area contributed by atoms with E-state index in [1.807, 2.05) is 45.3 Å². The normalized spacial score (nSPS) is 15.3. The van der Waals surface area contributed by atoms with Crippen molar-refractivity contribution in [1.82, 2.24) is 0 Å². The highest BCUT2D eigenvalue weighted by molar-refractivity contribution is 7.29. The van der Waals surface area contributed by atoms with Crippen molar-refractivity contribution in [2.24, 2.45) is 0 Å². The lowest BCUT2D eigenvalue weighted by Crippen LogP contribution is -2.53. The summed E-state index contributed by atoms with van der Waals surface area (Å²) >= 11 is 7.64. The van der Waals surface area contributed by atoms with Crippen LogP contribution in [-0.4, -0.2) is 8.07 Å². The van der Waals surface area contributed by atoms with Crippen LogP contribution in [0.5, 0.6) is 0 Å². The first-order valence-corrected chi connectivity index (χ1v) is 20.9. The fourth-order valence-corrected chi connectivity index (χ4v) is 20.3. The quantitative estimate of drug-likeness (QED) is 0.154. The van der Waals surface area contributed by atoms with Gasteiger partial charge in [0.25, 0.3) is 0 Å². The van der Waals surface area contributed by atoms with Gasteiger partial charge >= 0.3 is 0 Å². The summed E-state index contributed by atoms with van der Waals surface area (Å²) < 4.78 is 0. The van der Waals surface area contributed by atoms with Crippen molar-refractivity contribution in [3.8, 4) is 19.5 Å². The molecule has 1 aliphatic rings. The molecule has 0 unspecified atom stereocenters. The third-order valence-corrected chi connectivity index (χ3v) is 20.8. The molecule has 0 saturated carbocycles. The van der Waals surface area contributed by atoms with Gasteiger partial charge in [-0.3, -0.25) is 0 Å². The maximum Gasteiger partial charge on any atom is 0.133 e. The number of hydrogen-bond acceptors (Lipinski definition) is 4. The van der Waals surface area contributed by atoms with Crippen LogP contribution in [0.4, 0.5) is 0 Å². The summed E-state index contributed by atoms with van der Waals surface area (Å²) in [5.74, 6) is 0. The Morgan fingerprint density at radius 1 is 0.400 bits per heavy atom. The molecule has 0 nitrogen and oxygen atoms in total. The number of benzene rings is 2. The molecule has 1 aliphatic heterocycles. The van der Waals surface area contributed by atoms with Crippen LogP contribution in [0.15, 0.2) is 120 Å². The van der Waals surface area contributed by atoms with Crippen molar-refractivity contribution >= 4 is 75.0 Å². The van der Waals surface area contributed by atoms with Crippen LogP contribution >= 0.6 is 45.3 Å². The maximum absolute atomic E-state index is 2.62. The van der Waals surface area contributed by atoms with Crippen LogP contribution in [0.25, 0.3) is 41.0 Å². The zero-order chi connectivity index (χ0) is 31.4. The van der Waals surface area contributed by atoms with Gasteiger partial charge in [-0.15, -0.1) is 45.3 Å². The molecule has 226 valence electrons. The van der Waals surface area contributed by atoms with E-state index in [0.717, 1.165) is 0 Å².